The van der Waals surface area contributed by atoms with Crippen LogP contribution in [0.15, 0.2) is 0 Å². The summed E-state index contributed by atoms with van der Waals surface area (Å²) in [5, 5.41) is 0. The SMILES string of the molecule is O.O=S(=O)([O-])[O-].O=S(=O)([O-])[O-].O=S(=O)([O-])[O-].O=S(=O)([O-])[O-].O=S(=O)([O-])[O-].[Al+3].[Al+3].[Zn+2].[Zn+2]. The summed E-state index contributed by atoms with van der Waals surface area (Å²) in [7, 11) is -25.8. The van der Waals surface area contributed by atoms with Crippen LogP contribution in [0.2, 0.25) is 0 Å². The summed E-state index contributed by atoms with van der Waals surface area (Å²) in [4.78, 5) is 0. The normalized spacial score (nSPS) is 9.67. The van der Waals surface area contributed by atoms with Gasteiger partial charge in [0.15, 0.2) is 0 Å². The Kier molecular flexibility index (Phi) is 56.8. The Morgan fingerprint density at radius 3 is 0.300 bits per heavy atom. The second kappa shape index (κ2) is 26.9. The fraction of sp³-hybridized carbons (Fsp3) is 0. The topological polar surface area (TPSA) is 433 Å². The van der Waals surface area contributed by atoms with Gasteiger partial charge in [-0.3, -0.25) is 42.1 Å². The van der Waals surface area contributed by atoms with E-state index in [9.17, 15) is 0 Å². The zero-order chi connectivity index (χ0) is 22.5. The van der Waals surface area contributed by atoms with Crippen LogP contribution in [0.1, 0.15) is 0 Å². The second-order valence-corrected chi connectivity index (χ2v) is 6.12. The van der Waals surface area contributed by atoms with E-state index in [1.54, 1.807) is 0 Å². The minimum atomic E-state index is -5.17. The van der Waals surface area contributed by atoms with Crippen molar-refractivity contribution in [3.05, 3.63) is 0 Å². The smallest absolute Gasteiger partial charge is 0.759 e. The van der Waals surface area contributed by atoms with Crippen LogP contribution in [-0.2, 0) is 91.0 Å². The molecular weight excluding hydrogens is 681 g/mol. The van der Waals surface area contributed by atoms with Crippen molar-refractivity contribution in [2.24, 2.45) is 0 Å². The molecule has 0 heterocycles. The predicted molar refractivity (Wildman–Crippen MR) is 67.5 cm³/mol. The van der Waals surface area contributed by atoms with Crippen LogP contribution in [-0.4, -0.2) is 128 Å². The first-order valence-electron chi connectivity index (χ1n) is 3.33. The minimum absolute atomic E-state index is 0. The van der Waals surface area contributed by atoms with E-state index in [2.05, 4.69) is 0 Å². The molecule has 0 aliphatic heterocycles. The fourth-order valence-corrected chi connectivity index (χ4v) is 0. The third-order valence-electron chi connectivity index (χ3n) is 0. The standard InChI is InChI=1S/2Al.5H2O4S.H2O.2Zn/c;;5*1-5(2,3)4;;;/h;;5*(H2,1,2,3,4);1H2;;/q2*+3;;;;;;;2*+2/p-10. The predicted octanol–water partition coefficient (Wildman–Crippen LogP) is -8.28. The van der Waals surface area contributed by atoms with Crippen LogP contribution in [0.25, 0.3) is 0 Å². The molecule has 0 aliphatic rings. The summed E-state index contributed by atoms with van der Waals surface area (Å²) in [5.41, 5.74) is 0. The molecule has 0 bridgehead atoms. The maximum atomic E-state index is 8.52. The van der Waals surface area contributed by atoms with Gasteiger partial charge in [0.2, 0.25) is 0 Å². The Balaban J connectivity index is -0.0000000200. The van der Waals surface area contributed by atoms with Crippen molar-refractivity contribution in [2.45, 2.75) is 0 Å². The quantitative estimate of drug-likeness (QED) is 0.130. The molecule has 168 valence electrons. The van der Waals surface area contributed by atoms with Crippen molar-refractivity contribution in [1.29, 1.82) is 0 Å². The van der Waals surface area contributed by atoms with E-state index in [1.807, 2.05) is 0 Å². The van der Waals surface area contributed by atoms with Gasteiger partial charge < -0.3 is 51.0 Å². The molecule has 0 saturated heterocycles. The summed E-state index contributed by atoms with van der Waals surface area (Å²) in [6.45, 7) is 0. The average molecular weight is 683 g/mol. The molecule has 0 aliphatic carbocycles. The van der Waals surface area contributed by atoms with Crippen molar-refractivity contribution in [3.8, 4) is 0 Å². The van der Waals surface area contributed by atoms with Crippen LogP contribution in [0, 0.1) is 0 Å². The Bertz CT molecular complexity index is 630. The van der Waals surface area contributed by atoms with Gasteiger partial charge in [0, 0.05) is 52.0 Å². The zero-order valence-electron chi connectivity index (χ0n) is 13.3. The molecule has 0 fully saturated rings. The molecule has 0 amide bonds. The first kappa shape index (κ1) is 63.4. The van der Waals surface area contributed by atoms with Gasteiger partial charge in [0.05, 0.1) is 0 Å². The first-order valence-corrected chi connectivity index (χ1v) is 10.0. The molecule has 2 N–H and O–H groups in total. The molecule has 0 unspecified atom stereocenters. The Hall–Kier alpha value is 1.62. The Labute approximate surface area is 217 Å². The maximum Gasteiger partial charge on any atom is 3.00 e. The maximum absolute atomic E-state index is 8.52. The zero-order valence-corrected chi connectivity index (χ0v) is 25.6. The molecule has 0 aromatic rings. The number of hydrogen-bond acceptors (Lipinski definition) is 20. The van der Waals surface area contributed by atoms with Crippen molar-refractivity contribution in [3.63, 3.8) is 0 Å². The molecule has 0 aromatic carbocycles. The third-order valence-corrected chi connectivity index (χ3v) is 0. The van der Waals surface area contributed by atoms with Crippen LogP contribution in [0.4, 0.5) is 0 Å². The minimum Gasteiger partial charge on any atom is -0.759 e. The van der Waals surface area contributed by atoms with E-state index in [-0.39, 0.29) is 79.2 Å². The molecular formula is H2Al2O21S5Zn2. The molecule has 0 saturated carbocycles. The second-order valence-electron chi connectivity index (χ2n) is 2.04. The van der Waals surface area contributed by atoms with Gasteiger partial charge in [-0.05, 0) is 0 Å². The molecule has 0 rings (SSSR count). The summed E-state index contributed by atoms with van der Waals surface area (Å²) >= 11 is 0. The summed E-state index contributed by atoms with van der Waals surface area (Å²) in [5.74, 6) is 0. The van der Waals surface area contributed by atoms with Crippen LogP contribution in [0.3, 0.4) is 0 Å². The summed E-state index contributed by atoms with van der Waals surface area (Å²) in [6, 6.07) is 0. The summed E-state index contributed by atoms with van der Waals surface area (Å²) < 4.78 is 170. The van der Waals surface area contributed by atoms with E-state index < -0.39 is 52.0 Å². The molecule has 0 atom stereocenters. The van der Waals surface area contributed by atoms with Crippen molar-refractivity contribution >= 4 is 86.7 Å². The van der Waals surface area contributed by atoms with E-state index in [4.69, 9.17) is 87.6 Å². The monoisotopic (exact) mass is 680 g/mol. The van der Waals surface area contributed by atoms with Crippen molar-refractivity contribution < 1.29 is 132 Å². The van der Waals surface area contributed by atoms with Crippen LogP contribution < -0.4 is 0 Å². The van der Waals surface area contributed by atoms with Crippen LogP contribution >= 0.6 is 0 Å². The molecule has 21 nitrogen and oxygen atoms in total. The largest absolute Gasteiger partial charge is 3.00 e. The Morgan fingerprint density at radius 2 is 0.300 bits per heavy atom. The molecule has 0 radical (unpaired) electrons. The fourth-order valence-electron chi connectivity index (χ4n) is 0. The summed E-state index contributed by atoms with van der Waals surface area (Å²) in [6.07, 6.45) is 0. The van der Waals surface area contributed by atoms with Crippen molar-refractivity contribution in [1.82, 2.24) is 0 Å². The van der Waals surface area contributed by atoms with Gasteiger partial charge in [-0.25, -0.2) is 0 Å². The van der Waals surface area contributed by atoms with Gasteiger partial charge >= 0.3 is 73.7 Å². The van der Waals surface area contributed by atoms with Gasteiger partial charge in [-0.1, -0.05) is 0 Å². The molecule has 30 heteroatoms. The Morgan fingerprint density at radius 1 is 0.300 bits per heavy atom. The van der Waals surface area contributed by atoms with Gasteiger partial charge in [-0.2, -0.15) is 0 Å². The number of rotatable bonds is 0. The molecule has 0 spiro atoms. The van der Waals surface area contributed by atoms with Crippen molar-refractivity contribution in [2.75, 3.05) is 0 Å². The van der Waals surface area contributed by atoms with E-state index >= 15 is 0 Å². The molecule has 0 aromatic heterocycles. The van der Waals surface area contributed by atoms with Gasteiger partial charge in [-0.15, -0.1) is 0 Å². The third kappa shape index (κ3) is 9230. The van der Waals surface area contributed by atoms with E-state index in [0.29, 0.717) is 0 Å². The van der Waals surface area contributed by atoms with E-state index in [0.717, 1.165) is 0 Å². The average Bonchev–Trinajstić information content (AvgIpc) is 1.79. The van der Waals surface area contributed by atoms with Gasteiger partial charge in [0.25, 0.3) is 0 Å². The van der Waals surface area contributed by atoms with E-state index in [1.165, 1.54) is 0 Å². The van der Waals surface area contributed by atoms with Crippen LogP contribution in [0.5, 0.6) is 0 Å². The first-order chi connectivity index (χ1) is 10.0. The molecule has 30 heavy (non-hydrogen) atoms. The van der Waals surface area contributed by atoms with Gasteiger partial charge in [0.1, 0.15) is 0 Å². The number of hydrogen-bond donors (Lipinski definition) is 0.